The Morgan fingerprint density at radius 2 is 1.76 bits per heavy atom. The monoisotopic (exact) mass is 534 g/mol. The minimum Gasteiger partial charge on any atom is -0.487 e. The second-order valence-electron chi connectivity index (χ2n) is 6.18. The molecule has 4 nitrogen and oxygen atoms in total. The van der Waals surface area contributed by atoms with Crippen LogP contribution >= 0.6 is 43.5 Å². The van der Waals surface area contributed by atoms with E-state index in [9.17, 15) is 4.79 Å². The lowest BCUT2D eigenvalue weighted by Gasteiger charge is -2.12. The minimum atomic E-state index is -0.218. The summed E-state index contributed by atoms with van der Waals surface area (Å²) in [6.45, 7) is 0.421. The summed E-state index contributed by atoms with van der Waals surface area (Å²) in [5.74, 6) is 0.428. The van der Waals surface area contributed by atoms with Gasteiger partial charge in [-0.15, -0.1) is 0 Å². The lowest BCUT2D eigenvalue weighted by Crippen LogP contribution is -2.19. The molecule has 1 amide bonds. The minimum absolute atomic E-state index is 0.216. The molecule has 0 aromatic heterocycles. The molecule has 0 aliphatic carbocycles. The van der Waals surface area contributed by atoms with Gasteiger partial charge in [0.25, 0.3) is 0 Å². The molecule has 0 saturated carbocycles. The van der Waals surface area contributed by atoms with Crippen LogP contribution in [0.3, 0.4) is 0 Å². The van der Waals surface area contributed by atoms with E-state index in [1.807, 2.05) is 54.6 Å². The van der Waals surface area contributed by atoms with Crippen molar-refractivity contribution in [1.29, 1.82) is 0 Å². The third-order valence-corrected chi connectivity index (χ3v) is 5.23. The van der Waals surface area contributed by atoms with Crippen molar-refractivity contribution in [2.24, 2.45) is 5.10 Å². The number of halogens is 3. The van der Waals surface area contributed by atoms with E-state index in [2.05, 4.69) is 42.4 Å². The number of hydrogen-bond acceptors (Lipinski definition) is 3. The summed E-state index contributed by atoms with van der Waals surface area (Å²) < 4.78 is 7.64. The van der Waals surface area contributed by atoms with E-state index in [4.69, 9.17) is 16.3 Å². The van der Waals surface area contributed by atoms with Crippen LogP contribution in [0.25, 0.3) is 0 Å². The van der Waals surface area contributed by atoms with Gasteiger partial charge in [0, 0.05) is 15.1 Å². The third kappa shape index (κ3) is 6.70. The molecule has 0 aliphatic rings. The van der Waals surface area contributed by atoms with Crippen LogP contribution < -0.4 is 10.2 Å². The van der Waals surface area contributed by atoms with Gasteiger partial charge in [-0.05, 0) is 51.3 Å². The standard InChI is InChI=1S/C22H17Br2ClN2O2/c23-18-11-17(13-26-27-21(28)10-15-6-8-19(25)9-7-15)22(20(24)12-18)29-14-16-4-2-1-3-5-16/h1-9,11-13H,10,14H2,(H,27,28)/b26-13-. The number of rotatable bonds is 7. The van der Waals surface area contributed by atoms with Crippen molar-refractivity contribution in [3.05, 3.63) is 97.4 Å². The summed E-state index contributed by atoms with van der Waals surface area (Å²) in [4.78, 5) is 12.1. The predicted octanol–water partition coefficient (Wildman–Crippen LogP) is 6.14. The van der Waals surface area contributed by atoms with Crippen molar-refractivity contribution in [3.8, 4) is 5.75 Å². The molecule has 0 saturated heterocycles. The molecule has 29 heavy (non-hydrogen) atoms. The molecule has 0 atom stereocenters. The average molecular weight is 537 g/mol. The van der Waals surface area contributed by atoms with Gasteiger partial charge in [-0.3, -0.25) is 4.79 Å². The van der Waals surface area contributed by atoms with Crippen LogP contribution in [0.4, 0.5) is 0 Å². The normalized spacial score (nSPS) is 10.9. The Hall–Kier alpha value is -2.15. The van der Waals surface area contributed by atoms with Crippen LogP contribution in [-0.2, 0) is 17.8 Å². The number of ether oxygens (including phenoxy) is 1. The van der Waals surface area contributed by atoms with E-state index in [0.717, 1.165) is 25.6 Å². The maximum absolute atomic E-state index is 12.1. The summed E-state index contributed by atoms with van der Waals surface area (Å²) in [5.41, 5.74) is 5.19. The number of carbonyl (C=O) groups is 1. The van der Waals surface area contributed by atoms with Crippen molar-refractivity contribution >= 4 is 55.6 Å². The second-order valence-corrected chi connectivity index (χ2v) is 8.38. The Balaban J connectivity index is 1.67. The van der Waals surface area contributed by atoms with E-state index in [0.29, 0.717) is 17.4 Å². The SMILES string of the molecule is O=C(Cc1ccc(Cl)cc1)N/N=C\c1cc(Br)cc(Br)c1OCc1ccccc1. The highest BCUT2D eigenvalue weighted by Crippen LogP contribution is 2.32. The molecule has 7 heteroatoms. The number of benzene rings is 3. The summed E-state index contributed by atoms with van der Waals surface area (Å²) >= 11 is 12.9. The fourth-order valence-corrected chi connectivity index (χ4v) is 4.06. The quantitative estimate of drug-likeness (QED) is 0.292. The number of hydrazone groups is 1. The molecule has 0 aliphatic heterocycles. The maximum Gasteiger partial charge on any atom is 0.244 e. The second kappa shape index (κ2) is 10.6. The van der Waals surface area contributed by atoms with Crippen molar-refractivity contribution in [2.45, 2.75) is 13.0 Å². The van der Waals surface area contributed by atoms with Gasteiger partial charge in [0.2, 0.25) is 5.91 Å². The van der Waals surface area contributed by atoms with E-state index >= 15 is 0 Å². The van der Waals surface area contributed by atoms with Gasteiger partial charge in [-0.25, -0.2) is 5.43 Å². The first-order valence-electron chi connectivity index (χ1n) is 8.73. The molecule has 3 aromatic carbocycles. The van der Waals surface area contributed by atoms with Gasteiger partial charge in [-0.1, -0.05) is 70.0 Å². The van der Waals surface area contributed by atoms with Crippen molar-refractivity contribution in [2.75, 3.05) is 0 Å². The Morgan fingerprint density at radius 3 is 2.48 bits per heavy atom. The molecule has 3 rings (SSSR count). The number of hydrogen-bond donors (Lipinski definition) is 1. The Kier molecular flexibility index (Phi) is 7.86. The number of amides is 1. The average Bonchev–Trinajstić information content (AvgIpc) is 2.70. The summed E-state index contributed by atoms with van der Waals surface area (Å²) in [6.07, 6.45) is 1.78. The van der Waals surface area contributed by atoms with Crippen molar-refractivity contribution < 1.29 is 9.53 Å². The van der Waals surface area contributed by atoms with Crippen molar-refractivity contribution in [1.82, 2.24) is 5.43 Å². The molecule has 148 valence electrons. The van der Waals surface area contributed by atoms with Crippen LogP contribution in [0.1, 0.15) is 16.7 Å². The Morgan fingerprint density at radius 1 is 1.03 bits per heavy atom. The van der Waals surface area contributed by atoms with Gasteiger partial charge >= 0.3 is 0 Å². The van der Waals surface area contributed by atoms with Crippen LogP contribution in [-0.4, -0.2) is 12.1 Å². The lowest BCUT2D eigenvalue weighted by atomic mass is 10.1. The van der Waals surface area contributed by atoms with E-state index in [-0.39, 0.29) is 12.3 Å². The molecule has 0 unspecified atom stereocenters. The first-order valence-corrected chi connectivity index (χ1v) is 10.7. The summed E-state index contributed by atoms with van der Waals surface area (Å²) in [5, 5.41) is 4.72. The van der Waals surface area contributed by atoms with E-state index in [1.54, 1.807) is 18.3 Å². The predicted molar refractivity (Wildman–Crippen MR) is 124 cm³/mol. The molecule has 3 aromatic rings. The fraction of sp³-hybridized carbons (Fsp3) is 0.0909. The fourth-order valence-electron chi connectivity index (χ4n) is 2.56. The largest absolute Gasteiger partial charge is 0.487 e. The smallest absolute Gasteiger partial charge is 0.244 e. The van der Waals surface area contributed by atoms with Crippen LogP contribution in [0, 0.1) is 0 Å². The topological polar surface area (TPSA) is 50.7 Å². The van der Waals surface area contributed by atoms with Gasteiger partial charge in [-0.2, -0.15) is 5.10 Å². The molecule has 0 bridgehead atoms. The van der Waals surface area contributed by atoms with E-state index in [1.165, 1.54) is 0 Å². The van der Waals surface area contributed by atoms with Gasteiger partial charge < -0.3 is 4.74 Å². The lowest BCUT2D eigenvalue weighted by molar-refractivity contribution is -0.120. The maximum atomic E-state index is 12.1. The highest BCUT2D eigenvalue weighted by atomic mass is 79.9. The van der Waals surface area contributed by atoms with Crippen LogP contribution in [0.5, 0.6) is 5.75 Å². The van der Waals surface area contributed by atoms with Gasteiger partial charge in [0.1, 0.15) is 12.4 Å². The van der Waals surface area contributed by atoms with Crippen LogP contribution in [0.2, 0.25) is 5.02 Å². The van der Waals surface area contributed by atoms with Crippen molar-refractivity contribution in [3.63, 3.8) is 0 Å². The summed E-state index contributed by atoms with van der Waals surface area (Å²) in [6, 6.07) is 20.8. The Labute approximate surface area is 191 Å². The first-order chi connectivity index (χ1) is 14.0. The molecule has 0 heterocycles. The van der Waals surface area contributed by atoms with Gasteiger partial charge in [0.15, 0.2) is 0 Å². The zero-order valence-corrected chi connectivity index (χ0v) is 19.2. The first kappa shape index (κ1) is 21.6. The zero-order valence-electron chi connectivity index (χ0n) is 15.2. The third-order valence-electron chi connectivity index (χ3n) is 3.93. The molecule has 1 N–H and O–H groups in total. The molecular weight excluding hydrogens is 520 g/mol. The molecular formula is C22H17Br2ClN2O2. The van der Waals surface area contributed by atoms with E-state index < -0.39 is 0 Å². The molecule has 0 radical (unpaired) electrons. The molecule has 0 fully saturated rings. The molecule has 0 spiro atoms. The number of nitrogens with zero attached hydrogens (tertiary/aromatic N) is 1. The van der Waals surface area contributed by atoms with Gasteiger partial charge in [0.05, 0.1) is 17.1 Å². The Bertz CT molecular complexity index is 1010. The zero-order chi connectivity index (χ0) is 20.6. The highest BCUT2D eigenvalue weighted by molar-refractivity contribution is 9.11. The highest BCUT2D eigenvalue weighted by Gasteiger charge is 2.10. The summed E-state index contributed by atoms with van der Waals surface area (Å²) in [7, 11) is 0. The van der Waals surface area contributed by atoms with Crippen LogP contribution in [0.15, 0.2) is 80.8 Å². The number of carbonyl (C=O) groups excluding carboxylic acids is 1. The number of nitrogens with one attached hydrogen (secondary N) is 1.